The van der Waals surface area contributed by atoms with Crippen LogP contribution < -0.4 is 5.73 Å². The Bertz CT molecular complexity index is 188. The number of rotatable bonds is 7. The first-order valence-corrected chi connectivity index (χ1v) is 7.35. The Morgan fingerprint density at radius 1 is 1.29 bits per heavy atom. The average Bonchev–Trinajstić information content (AvgIpc) is 2.38. The Kier molecular flexibility index (Phi) is 7.09. The molecule has 0 saturated carbocycles. The lowest BCUT2D eigenvalue weighted by Crippen LogP contribution is -2.43. The summed E-state index contributed by atoms with van der Waals surface area (Å²) in [5.41, 5.74) is 5.95. The van der Waals surface area contributed by atoms with Crippen molar-refractivity contribution in [3.8, 4) is 0 Å². The summed E-state index contributed by atoms with van der Waals surface area (Å²) >= 11 is 0. The highest BCUT2D eigenvalue weighted by Gasteiger charge is 2.21. The second kappa shape index (κ2) is 8.06. The molecule has 1 unspecified atom stereocenters. The number of piperidine rings is 1. The summed E-state index contributed by atoms with van der Waals surface area (Å²) in [6.45, 7) is 9.41. The molecule has 1 saturated heterocycles. The van der Waals surface area contributed by atoms with Crippen LogP contribution in [0.2, 0.25) is 0 Å². The van der Waals surface area contributed by atoms with Gasteiger partial charge in [-0.3, -0.25) is 0 Å². The predicted molar refractivity (Wildman–Crippen MR) is 75.3 cm³/mol. The summed E-state index contributed by atoms with van der Waals surface area (Å²) in [5.74, 6) is 0. The van der Waals surface area contributed by atoms with Gasteiger partial charge in [0, 0.05) is 12.1 Å². The Balaban J connectivity index is 2.13. The lowest BCUT2D eigenvalue weighted by molar-refractivity contribution is 0.130. The van der Waals surface area contributed by atoms with Crippen molar-refractivity contribution in [3.63, 3.8) is 0 Å². The third kappa shape index (κ3) is 5.36. The van der Waals surface area contributed by atoms with E-state index in [4.69, 9.17) is 5.73 Å². The molecule has 3 nitrogen and oxygen atoms in total. The number of hydrogen-bond donors (Lipinski definition) is 1. The summed E-state index contributed by atoms with van der Waals surface area (Å²) in [4.78, 5) is 5.10. The van der Waals surface area contributed by atoms with Gasteiger partial charge in [-0.15, -0.1) is 0 Å². The lowest BCUT2D eigenvalue weighted by Gasteiger charge is -2.36. The van der Waals surface area contributed by atoms with Crippen molar-refractivity contribution < 1.29 is 0 Å². The molecule has 0 amide bonds. The highest BCUT2D eigenvalue weighted by Crippen LogP contribution is 2.15. The van der Waals surface area contributed by atoms with Gasteiger partial charge in [0.15, 0.2) is 0 Å². The molecule has 1 atom stereocenters. The van der Waals surface area contributed by atoms with E-state index in [-0.39, 0.29) is 0 Å². The zero-order chi connectivity index (χ0) is 12.7. The quantitative estimate of drug-likeness (QED) is 0.739. The van der Waals surface area contributed by atoms with Gasteiger partial charge >= 0.3 is 0 Å². The average molecular weight is 241 g/mol. The van der Waals surface area contributed by atoms with E-state index in [1.165, 1.54) is 51.9 Å². The van der Waals surface area contributed by atoms with Gasteiger partial charge in [-0.05, 0) is 65.3 Å². The van der Waals surface area contributed by atoms with Gasteiger partial charge in [-0.25, -0.2) is 0 Å². The van der Waals surface area contributed by atoms with Crippen LogP contribution in [0.1, 0.15) is 46.0 Å². The van der Waals surface area contributed by atoms with Gasteiger partial charge < -0.3 is 15.5 Å². The van der Waals surface area contributed by atoms with Gasteiger partial charge in [0.1, 0.15) is 0 Å². The summed E-state index contributed by atoms with van der Waals surface area (Å²) < 4.78 is 0. The largest absolute Gasteiger partial charge is 0.328 e. The Morgan fingerprint density at radius 3 is 2.47 bits per heavy atom. The van der Waals surface area contributed by atoms with Gasteiger partial charge in [0.2, 0.25) is 0 Å². The molecule has 3 heteroatoms. The summed E-state index contributed by atoms with van der Waals surface area (Å²) in [5, 5.41) is 0. The number of nitrogens with two attached hydrogens (primary N) is 1. The molecule has 17 heavy (non-hydrogen) atoms. The topological polar surface area (TPSA) is 32.5 Å². The maximum atomic E-state index is 5.95. The maximum Gasteiger partial charge on any atom is 0.0117 e. The first-order valence-electron chi connectivity index (χ1n) is 7.35. The van der Waals surface area contributed by atoms with Crippen LogP contribution in [0.15, 0.2) is 0 Å². The molecule has 0 aliphatic carbocycles. The molecular weight excluding hydrogens is 210 g/mol. The van der Waals surface area contributed by atoms with Crippen LogP contribution in [0.5, 0.6) is 0 Å². The monoisotopic (exact) mass is 241 g/mol. The molecule has 0 aromatic carbocycles. The van der Waals surface area contributed by atoms with Crippen molar-refractivity contribution in [2.75, 3.05) is 33.2 Å². The molecule has 0 aromatic heterocycles. The van der Waals surface area contributed by atoms with Crippen LogP contribution in [-0.4, -0.2) is 55.1 Å². The standard InChI is InChI=1S/C14H31N3/c1-4-13(15)7-6-10-16(3)14-8-11-17(5-2)12-9-14/h13-14H,4-12,15H2,1-3H3. The molecule has 1 fully saturated rings. The zero-order valence-corrected chi connectivity index (χ0v) is 12.0. The normalized spacial score (nSPS) is 21.0. The van der Waals surface area contributed by atoms with Crippen LogP contribution >= 0.6 is 0 Å². The summed E-state index contributed by atoms with van der Waals surface area (Å²) in [7, 11) is 2.28. The minimum absolute atomic E-state index is 0.408. The fourth-order valence-electron chi connectivity index (χ4n) is 2.67. The minimum atomic E-state index is 0.408. The van der Waals surface area contributed by atoms with Crippen LogP contribution in [0, 0.1) is 0 Å². The second-order valence-corrected chi connectivity index (χ2v) is 5.46. The number of hydrogen-bond acceptors (Lipinski definition) is 3. The number of likely N-dealkylation sites (tertiary alicyclic amines) is 1. The van der Waals surface area contributed by atoms with Crippen molar-refractivity contribution in [2.24, 2.45) is 5.73 Å². The first-order chi connectivity index (χ1) is 8.17. The van der Waals surface area contributed by atoms with E-state index in [0.29, 0.717) is 6.04 Å². The molecular formula is C14H31N3. The fourth-order valence-corrected chi connectivity index (χ4v) is 2.67. The zero-order valence-electron chi connectivity index (χ0n) is 12.0. The SMILES string of the molecule is CCC(N)CCCN(C)C1CCN(CC)CC1. The van der Waals surface area contributed by atoms with E-state index in [1.54, 1.807) is 0 Å². The lowest BCUT2D eigenvalue weighted by atomic mass is 10.0. The van der Waals surface area contributed by atoms with E-state index >= 15 is 0 Å². The summed E-state index contributed by atoms with van der Waals surface area (Å²) in [6, 6.07) is 1.21. The van der Waals surface area contributed by atoms with E-state index in [2.05, 4.69) is 30.7 Å². The maximum absolute atomic E-state index is 5.95. The van der Waals surface area contributed by atoms with Crippen molar-refractivity contribution in [2.45, 2.75) is 58.0 Å². The Labute approximate surface area is 107 Å². The van der Waals surface area contributed by atoms with Crippen molar-refractivity contribution in [1.29, 1.82) is 0 Å². The summed E-state index contributed by atoms with van der Waals surface area (Å²) in [6.07, 6.45) is 6.21. The molecule has 1 aliphatic rings. The van der Waals surface area contributed by atoms with E-state index < -0.39 is 0 Å². The highest BCUT2D eigenvalue weighted by atomic mass is 15.2. The molecule has 0 spiro atoms. The molecule has 0 bridgehead atoms. The van der Waals surface area contributed by atoms with Gasteiger partial charge in [0.25, 0.3) is 0 Å². The van der Waals surface area contributed by atoms with Crippen molar-refractivity contribution >= 4 is 0 Å². The van der Waals surface area contributed by atoms with Crippen molar-refractivity contribution in [3.05, 3.63) is 0 Å². The molecule has 1 rings (SSSR count). The first kappa shape index (κ1) is 14.9. The minimum Gasteiger partial charge on any atom is -0.328 e. The highest BCUT2D eigenvalue weighted by molar-refractivity contribution is 4.77. The molecule has 102 valence electrons. The van der Waals surface area contributed by atoms with Crippen molar-refractivity contribution in [1.82, 2.24) is 9.80 Å². The molecule has 1 aliphatic heterocycles. The van der Waals surface area contributed by atoms with Gasteiger partial charge in [0.05, 0.1) is 0 Å². The van der Waals surface area contributed by atoms with Crippen LogP contribution in [0.4, 0.5) is 0 Å². The molecule has 0 radical (unpaired) electrons. The Morgan fingerprint density at radius 2 is 1.94 bits per heavy atom. The van der Waals surface area contributed by atoms with Gasteiger partial charge in [-0.2, -0.15) is 0 Å². The van der Waals surface area contributed by atoms with E-state index in [9.17, 15) is 0 Å². The molecule has 0 aromatic rings. The van der Waals surface area contributed by atoms with Crippen LogP contribution in [-0.2, 0) is 0 Å². The predicted octanol–water partition coefficient (Wildman–Crippen LogP) is 1.92. The number of nitrogens with zero attached hydrogens (tertiary/aromatic N) is 2. The van der Waals surface area contributed by atoms with E-state index in [1.807, 2.05) is 0 Å². The second-order valence-electron chi connectivity index (χ2n) is 5.46. The third-order valence-electron chi connectivity index (χ3n) is 4.24. The fraction of sp³-hybridized carbons (Fsp3) is 1.00. The Hall–Kier alpha value is -0.120. The van der Waals surface area contributed by atoms with Crippen LogP contribution in [0.25, 0.3) is 0 Å². The third-order valence-corrected chi connectivity index (χ3v) is 4.24. The van der Waals surface area contributed by atoms with E-state index in [0.717, 1.165) is 12.5 Å². The van der Waals surface area contributed by atoms with Crippen LogP contribution in [0.3, 0.4) is 0 Å². The van der Waals surface area contributed by atoms with Gasteiger partial charge in [-0.1, -0.05) is 13.8 Å². The molecule has 1 heterocycles. The molecule has 2 N–H and O–H groups in total. The smallest absolute Gasteiger partial charge is 0.0117 e.